The summed E-state index contributed by atoms with van der Waals surface area (Å²) in [5.74, 6) is 0. The van der Waals surface area contributed by atoms with Gasteiger partial charge in [-0.05, 0) is 25.5 Å². The van der Waals surface area contributed by atoms with E-state index in [1.807, 2.05) is 25.1 Å². The SMILES string of the molecule is CCCN(c1ccccc1)C(C)N. The number of hydrogen-bond donors (Lipinski definition) is 1. The van der Waals surface area contributed by atoms with Gasteiger partial charge in [0.25, 0.3) is 0 Å². The van der Waals surface area contributed by atoms with Gasteiger partial charge in [-0.25, -0.2) is 0 Å². The Bertz CT molecular complexity index is 231. The molecule has 0 heterocycles. The first-order chi connectivity index (χ1) is 6.25. The maximum Gasteiger partial charge on any atom is 0.0742 e. The topological polar surface area (TPSA) is 29.3 Å². The van der Waals surface area contributed by atoms with Gasteiger partial charge in [-0.2, -0.15) is 0 Å². The smallest absolute Gasteiger partial charge is 0.0742 e. The van der Waals surface area contributed by atoms with Gasteiger partial charge in [0.2, 0.25) is 0 Å². The molecule has 13 heavy (non-hydrogen) atoms. The third-order valence-electron chi connectivity index (χ3n) is 2.04. The molecule has 1 rings (SSSR count). The van der Waals surface area contributed by atoms with Crippen LogP contribution in [0.2, 0.25) is 0 Å². The number of para-hydroxylation sites is 1. The van der Waals surface area contributed by atoms with Gasteiger partial charge in [-0.15, -0.1) is 0 Å². The summed E-state index contributed by atoms with van der Waals surface area (Å²) in [5.41, 5.74) is 7.09. The van der Waals surface area contributed by atoms with Crippen molar-refractivity contribution in [2.45, 2.75) is 26.4 Å². The van der Waals surface area contributed by atoms with Crippen LogP contribution in [0.15, 0.2) is 30.3 Å². The Balaban J connectivity index is 2.76. The summed E-state index contributed by atoms with van der Waals surface area (Å²) in [6.07, 6.45) is 1.21. The van der Waals surface area contributed by atoms with Gasteiger partial charge in [-0.1, -0.05) is 25.1 Å². The van der Waals surface area contributed by atoms with Crippen LogP contribution < -0.4 is 10.6 Å². The van der Waals surface area contributed by atoms with Crippen molar-refractivity contribution in [3.8, 4) is 0 Å². The van der Waals surface area contributed by atoms with E-state index in [1.165, 1.54) is 5.69 Å². The zero-order valence-corrected chi connectivity index (χ0v) is 8.40. The van der Waals surface area contributed by atoms with E-state index in [9.17, 15) is 0 Å². The molecular formula is C11H18N2. The molecule has 0 bridgehead atoms. The number of benzene rings is 1. The lowest BCUT2D eigenvalue weighted by Gasteiger charge is -2.28. The molecule has 0 aliphatic rings. The summed E-state index contributed by atoms with van der Waals surface area (Å²) in [5, 5.41) is 0. The molecule has 72 valence electrons. The lowest BCUT2D eigenvalue weighted by atomic mass is 10.2. The van der Waals surface area contributed by atoms with E-state index in [4.69, 9.17) is 5.73 Å². The first-order valence-electron chi connectivity index (χ1n) is 4.83. The molecule has 0 fully saturated rings. The molecule has 0 amide bonds. The normalized spacial score (nSPS) is 12.5. The molecule has 2 heteroatoms. The summed E-state index contributed by atoms with van der Waals surface area (Å²) >= 11 is 0. The van der Waals surface area contributed by atoms with E-state index in [0.717, 1.165) is 13.0 Å². The quantitative estimate of drug-likeness (QED) is 0.716. The lowest BCUT2D eigenvalue weighted by Crippen LogP contribution is -2.40. The molecule has 0 aromatic heterocycles. The van der Waals surface area contributed by atoms with Crippen molar-refractivity contribution in [1.82, 2.24) is 0 Å². The van der Waals surface area contributed by atoms with E-state index < -0.39 is 0 Å². The highest BCUT2D eigenvalue weighted by atomic mass is 15.2. The summed E-state index contributed by atoms with van der Waals surface area (Å²) in [6, 6.07) is 10.3. The summed E-state index contributed by atoms with van der Waals surface area (Å²) in [6.45, 7) is 5.20. The van der Waals surface area contributed by atoms with Crippen LogP contribution in [-0.2, 0) is 0 Å². The predicted octanol–water partition coefficient (Wildman–Crippen LogP) is 2.21. The summed E-state index contributed by atoms with van der Waals surface area (Å²) in [7, 11) is 0. The minimum atomic E-state index is 0.0855. The molecule has 0 aliphatic carbocycles. The van der Waals surface area contributed by atoms with Gasteiger partial charge in [0, 0.05) is 12.2 Å². The zero-order valence-electron chi connectivity index (χ0n) is 8.40. The van der Waals surface area contributed by atoms with Crippen molar-refractivity contribution in [2.75, 3.05) is 11.4 Å². The molecule has 0 aliphatic heterocycles. The van der Waals surface area contributed by atoms with E-state index in [2.05, 4.69) is 24.0 Å². The van der Waals surface area contributed by atoms with Crippen molar-refractivity contribution in [3.63, 3.8) is 0 Å². The largest absolute Gasteiger partial charge is 0.357 e. The van der Waals surface area contributed by atoms with Crippen LogP contribution in [-0.4, -0.2) is 12.7 Å². The fourth-order valence-corrected chi connectivity index (χ4v) is 1.43. The number of nitrogens with two attached hydrogens (primary N) is 1. The fraction of sp³-hybridized carbons (Fsp3) is 0.455. The molecule has 1 aromatic carbocycles. The average molecular weight is 178 g/mol. The van der Waals surface area contributed by atoms with Gasteiger partial charge in [0.05, 0.1) is 6.17 Å². The molecule has 0 spiro atoms. The van der Waals surface area contributed by atoms with Gasteiger partial charge in [0.15, 0.2) is 0 Å². The molecular weight excluding hydrogens is 160 g/mol. The van der Waals surface area contributed by atoms with Crippen molar-refractivity contribution in [2.24, 2.45) is 5.73 Å². The van der Waals surface area contributed by atoms with Crippen molar-refractivity contribution < 1.29 is 0 Å². The van der Waals surface area contributed by atoms with Gasteiger partial charge in [-0.3, -0.25) is 0 Å². The third-order valence-corrected chi connectivity index (χ3v) is 2.04. The van der Waals surface area contributed by atoms with Crippen molar-refractivity contribution in [1.29, 1.82) is 0 Å². The molecule has 1 unspecified atom stereocenters. The Labute approximate surface area is 80.4 Å². The van der Waals surface area contributed by atoms with Crippen LogP contribution in [0.1, 0.15) is 20.3 Å². The van der Waals surface area contributed by atoms with Gasteiger partial charge < -0.3 is 10.6 Å². The summed E-state index contributed by atoms with van der Waals surface area (Å²) in [4.78, 5) is 2.21. The Morgan fingerprint density at radius 3 is 2.38 bits per heavy atom. The minimum absolute atomic E-state index is 0.0855. The molecule has 0 saturated heterocycles. The number of anilines is 1. The molecule has 1 atom stereocenters. The highest BCUT2D eigenvalue weighted by Crippen LogP contribution is 2.14. The number of rotatable bonds is 4. The molecule has 0 radical (unpaired) electrons. The summed E-state index contributed by atoms with van der Waals surface area (Å²) < 4.78 is 0. The van der Waals surface area contributed by atoms with Crippen molar-refractivity contribution >= 4 is 5.69 Å². The van der Waals surface area contributed by atoms with Crippen LogP contribution in [0.5, 0.6) is 0 Å². The first-order valence-corrected chi connectivity index (χ1v) is 4.83. The molecule has 0 saturated carbocycles. The minimum Gasteiger partial charge on any atom is -0.357 e. The van der Waals surface area contributed by atoms with Gasteiger partial charge >= 0.3 is 0 Å². The lowest BCUT2D eigenvalue weighted by molar-refractivity contribution is 0.648. The van der Waals surface area contributed by atoms with Crippen LogP contribution in [0.4, 0.5) is 5.69 Å². The highest BCUT2D eigenvalue weighted by molar-refractivity contribution is 5.46. The molecule has 2 N–H and O–H groups in total. The Morgan fingerprint density at radius 2 is 1.92 bits per heavy atom. The first kappa shape index (κ1) is 10.1. The van der Waals surface area contributed by atoms with Crippen LogP contribution >= 0.6 is 0 Å². The number of hydrogen-bond acceptors (Lipinski definition) is 2. The third kappa shape index (κ3) is 2.74. The second-order valence-corrected chi connectivity index (χ2v) is 3.27. The zero-order chi connectivity index (χ0) is 9.68. The second kappa shape index (κ2) is 4.87. The van der Waals surface area contributed by atoms with Gasteiger partial charge in [0.1, 0.15) is 0 Å². The average Bonchev–Trinajstić information content (AvgIpc) is 2.15. The number of nitrogens with zero attached hydrogens (tertiary/aromatic N) is 1. The van der Waals surface area contributed by atoms with E-state index in [0.29, 0.717) is 0 Å². The van der Waals surface area contributed by atoms with Crippen molar-refractivity contribution in [3.05, 3.63) is 30.3 Å². The standard InChI is InChI=1S/C11H18N2/c1-3-9-13(10(2)12)11-7-5-4-6-8-11/h4-8,10H,3,9,12H2,1-2H3. The Kier molecular flexibility index (Phi) is 3.77. The van der Waals surface area contributed by atoms with Crippen LogP contribution in [0.25, 0.3) is 0 Å². The Morgan fingerprint density at radius 1 is 1.31 bits per heavy atom. The van der Waals surface area contributed by atoms with E-state index in [1.54, 1.807) is 0 Å². The monoisotopic (exact) mass is 178 g/mol. The van der Waals surface area contributed by atoms with E-state index in [-0.39, 0.29) is 6.17 Å². The highest BCUT2D eigenvalue weighted by Gasteiger charge is 2.07. The molecule has 1 aromatic rings. The van der Waals surface area contributed by atoms with E-state index >= 15 is 0 Å². The van der Waals surface area contributed by atoms with Crippen LogP contribution in [0.3, 0.4) is 0 Å². The second-order valence-electron chi connectivity index (χ2n) is 3.27. The Hall–Kier alpha value is -1.02. The maximum atomic E-state index is 5.88. The van der Waals surface area contributed by atoms with Crippen LogP contribution in [0, 0.1) is 0 Å². The fourth-order valence-electron chi connectivity index (χ4n) is 1.43. The molecule has 2 nitrogen and oxygen atoms in total. The predicted molar refractivity (Wildman–Crippen MR) is 57.7 cm³/mol. The maximum absolute atomic E-state index is 5.88.